The number of amides is 1. The van der Waals surface area contributed by atoms with Gasteiger partial charge in [0.25, 0.3) is 5.56 Å². The summed E-state index contributed by atoms with van der Waals surface area (Å²) in [4.78, 5) is 56.6. The number of rotatable bonds is 10. The summed E-state index contributed by atoms with van der Waals surface area (Å²) in [7, 11) is 0. The first-order chi connectivity index (χ1) is 20.0. The summed E-state index contributed by atoms with van der Waals surface area (Å²) in [6.07, 6.45) is 2.13. The molecule has 0 aliphatic carbocycles. The number of carbonyl (C=O) groups is 3. The topological polar surface area (TPSA) is 98.1 Å². The number of hydrogen-bond donors (Lipinski definition) is 1. The number of nitrogens with zero attached hydrogens (tertiary/aromatic N) is 2. The SMILES string of the molecule is CCC(=O)c1cccc(-c2ncc(NC(=O)[C@H](C)CC)c(=O)n2Cc2cc(F)cc(C(=O)c3ccc(F)cc3)c2)c1C. The highest BCUT2D eigenvalue weighted by molar-refractivity contribution is 6.09. The van der Waals surface area contributed by atoms with Crippen molar-refractivity contribution in [1.82, 2.24) is 9.55 Å². The van der Waals surface area contributed by atoms with Crippen LogP contribution >= 0.6 is 0 Å². The molecule has 0 radical (unpaired) electrons. The van der Waals surface area contributed by atoms with E-state index in [0.29, 0.717) is 29.5 Å². The maximum atomic E-state index is 14.8. The van der Waals surface area contributed by atoms with Crippen LogP contribution in [0.2, 0.25) is 0 Å². The molecule has 4 rings (SSSR count). The fourth-order valence-corrected chi connectivity index (χ4v) is 4.57. The summed E-state index contributed by atoms with van der Waals surface area (Å²) in [5, 5.41) is 2.64. The molecule has 9 heteroatoms. The summed E-state index contributed by atoms with van der Waals surface area (Å²) < 4.78 is 29.5. The molecule has 0 fully saturated rings. The molecule has 1 amide bonds. The second-order valence-corrected chi connectivity index (χ2v) is 10.1. The Labute approximate surface area is 242 Å². The van der Waals surface area contributed by atoms with E-state index in [1.165, 1.54) is 35.0 Å². The lowest BCUT2D eigenvalue weighted by Gasteiger charge is -2.18. The first-order valence-electron chi connectivity index (χ1n) is 13.7. The Morgan fingerprint density at radius 2 is 1.67 bits per heavy atom. The summed E-state index contributed by atoms with van der Waals surface area (Å²) in [6.45, 7) is 6.91. The van der Waals surface area contributed by atoms with Crippen molar-refractivity contribution >= 4 is 23.2 Å². The van der Waals surface area contributed by atoms with Crippen LogP contribution in [0.4, 0.5) is 14.5 Å². The molecule has 1 atom stereocenters. The Morgan fingerprint density at radius 3 is 2.33 bits per heavy atom. The van der Waals surface area contributed by atoms with Crippen molar-refractivity contribution in [2.45, 2.75) is 47.1 Å². The lowest BCUT2D eigenvalue weighted by molar-refractivity contribution is -0.119. The number of anilines is 1. The van der Waals surface area contributed by atoms with E-state index in [1.807, 2.05) is 6.92 Å². The molecule has 3 aromatic carbocycles. The summed E-state index contributed by atoms with van der Waals surface area (Å²) in [5.74, 6) is -2.28. The van der Waals surface area contributed by atoms with Crippen molar-refractivity contribution in [2.24, 2.45) is 5.92 Å². The van der Waals surface area contributed by atoms with Gasteiger partial charge in [-0.05, 0) is 66.9 Å². The molecule has 0 unspecified atom stereocenters. The molecule has 42 heavy (non-hydrogen) atoms. The summed E-state index contributed by atoms with van der Waals surface area (Å²) >= 11 is 0. The van der Waals surface area contributed by atoms with Crippen molar-refractivity contribution in [3.63, 3.8) is 0 Å². The third-order valence-corrected chi connectivity index (χ3v) is 7.23. The zero-order valence-corrected chi connectivity index (χ0v) is 23.8. The Hall–Kier alpha value is -4.79. The number of carbonyl (C=O) groups excluding carboxylic acids is 3. The van der Waals surface area contributed by atoms with Crippen LogP contribution in [0.5, 0.6) is 0 Å². The number of aromatic nitrogens is 2. The second-order valence-electron chi connectivity index (χ2n) is 10.1. The van der Waals surface area contributed by atoms with Crippen molar-refractivity contribution in [1.29, 1.82) is 0 Å². The van der Waals surface area contributed by atoms with E-state index >= 15 is 0 Å². The van der Waals surface area contributed by atoms with Gasteiger partial charge in [0.15, 0.2) is 11.6 Å². The number of nitrogens with one attached hydrogen (secondary N) is 1. The minimum absolute atomic E-state index is 0.0205. The minimum Gasteiger partial charge on any atom is -0.320 e. The zero-order valence-electron chi connectivity index (χ0n) is 23.8. The Morgan fingerprint density at radius 1 is 0.952 bits per heavy atom. The number of benzene rings is 3. The first-order valence-corrected chi connectivity index (χ1v) is 13.7. The molecule has 0 aliphatic rings. The summed E-state index contributed by atoms with van der Waals surface area (Å²) in [6, 6.07) is 13.8. The van der Waals surface area contributed by atoms with Gasteiger partial charge >= 0.3 is 0 Å². The minimum atomic E-state index is -0.700. The number of hydrogen-bond acceptors (Lipinski definition) is 5. The van der Waals surface area contributed by atoms with E-state index in [2.05, 4.69) is 10.3 Å². The first kappa shape index (κ1) is 30.2. The van der Waals surface area contributed by atoms with Crippen molar-refractivity contribution in [3.05, 3.63) is 117 Å². The van der Waals surface area contributed by atoms with Gasteiger partial charge in [0.1, 0.15) is 23.1 Å². The van der Waals surface area contributed by atoms with E-state index < -0.39 is 23.0 Å². The van der Waals surface area contributed by atoms with Crippen LogP contribution in [-0.4, -0.2) is 27.0 Å². The third kappa shape index (κ3) is 6.40. The van der Waals surface area contributed by atoms with Gasteiger partial charge < -0.3 is 5.32 Å². The van der Waals surface area contributed by atoms with Crippen LogP contribution in [0.3, 0.4) is 0 Å². The molecule has 0 aliphatic heterocycles. The van der Waals surface area contributed by atoms with Crippen molar-refractivity contribution in [2.75, 3.05) is 5.32 Å². The molecule has 7 nitrogen and oxygen atoms in total. The van der Waals surface area contributed by atoms with E-state index in [9.17, 15) is 28.0 Å². The highest BCUT2D eigenvalue weighted by Gasteiger charge is 2.21. The molecule has 1 aromatic heterocycles. The Kier molecular flexibility index (Phi) is 9.20. The van der Waals surface area contributed by atoms with E-state index in [1.54, 1.807) is 39.0 Å². The van der Waals surface area contributed by atoms with Gasteiger partial charge in [-0.15, -0.1) is 0 Å². The van der Waals surface area contributed by atoms with Crippen LogP contribution in [-0.2, 0) is 11.3 Å². The fraction of sp³-hybridized carbons (Fsp3) is 0.242. The highest BCUT2D eigenvalue weighted by atomic mass is 19.1. The molecular formula is C33H31F2N3O4. The molecule has 4 aromatic rings. The van der Waals surface area contributed by atoms with Gasteiger partial charge in [-0.1, -0.05) is 39.0 Å². The monoisotopic (exact) mass is 571 g/mol. The van der Waals surface area contributed by atoms with Gasteiger partial charge in [-0.3, -0.25) is 23.7 Å². The standard InChI is InChI=1S/C33H31F2N3O4/c1-5-19(3)32(41)37-28-17-36-31(27-9-7-8-26(20(27)4)29(39)6-2)38(33(28)42)18-21-14-23(16-25(35)15-21)30(40)22-10-12-24(34)13-11-22/h7-17,19H,5-6,18H2,1-4H3,(H,37,41)/t19-/m1/s1. The third-order valence-electron chi connectivity index (χ3n) is 7.23. The predicted octanol–water partition coefficient (Wildman–Crippen LogP) is 6.35. The smallest absolute Gasteiger partial charge is 0.277 e. The van der Waals surface area contributed by atoms with Gasteiger partial charge in [-0.2, -0.15) is 0 Å². The number of ketones is 2. The second kappa shape index (κ2) is 12.8. The van der Waals surface area contributed by atoms with Crippen LogP contribution in [0.25, 0.3) is 11.4 Å². The summed E-state index contributed by atoms with van der Waals surface area (Å²) in [5.41, 5.74) is 1.47. The molecular weight excluding hydrogens is 540 g/mol. The normalized spacial score (nSPS) is 11.7. The Balaban J connectivity index is 1.85. The van der Waals surface area contributed by atoms with E-state index in [0.717, 1.165) is 18.2 Å². The van der Waals surface area contributed by atoms with Gasteiger partial charge in [0, 0.05) is 34.6 Å². The number of Topliss-reactive ketones (excluding diaryl/α,β-unsaturated/α-hetero) is 1. The van der Waals surface area contributed by atoms with Crippen LogP contribution < -0.4 is 10.9 Å². The molecule has 0 spiro atoms. The lowest BCUT2D eigenvalue weighted by atomic mass is 9.97. The van der Waals surface area contributed by atoms with E-state index in [-0.39, 0.29) is 52.4 Å². The number of halogens is 2. The largest absolute Gasteiger partial charge is 0.320 e. The van der Waals surface area contributed by atoms with Crippen molar-refractivity contribution < 1.29 is 23.2 Å². The lowest BCUT2D eigenvalue weighted by Crippen LogP contribution is -2.30. The molecule has 1 N–H and O–H groups in total. The average molecular weight is 572 g/mol. The zero-order chi connectivity index (χ0) is 30.6. The van der Waals surface area contributed by atoms with Crippen LogP contribution in [0, 0.1) is 24.5 Å². The molecule has 0 saturated carbocycles. The predicted molar refractivity (Wildman–Crippen MR) is 157 cm³/mol. The van der Waals surface area contributed by atoms with E-state index in [4.69, 9.17) is 0 Å². The quantitative estimate of drug-likeness (QED) is 0.224. The maximum absolute atomic E-state index is 14.8. The van der Waals surface area contributed by atoms with Gasteiger partial charge in [-0.25, -0.2) is 13.8 Å². The maximum Gasteiger partial charge on any atom is 0.277 e. The van der Waals surface area contributed by atoms with Gasteiger partial charge in [0.05, 0.1) is 12.7 Å². The Bertz CT molecular complexity index is 1730. The van der Waals surface area contributed by atoms with Gasteiger partial charge in [0.2, 0.25) is 5.91 Å². The molecule has 0 bridgehead atoms. The molecule has 216 valence electrons. The molecule has 1 heterocycles. The fourth-order valence-electron chi connectivity index (χ4n) is 4.57. The van der Waals surface area contributed by atoms with Crippen LogP contribution in [0.1, 0.15) is 71.0 Å². The van der Waals surface area contributed by atoms with Crippen LogP contribution in [0.15, 0.2) is 71.7 Å². The van der Waals surface area contributed by atoms with Crippen molar-refractivity contribution in [3.8, 4) is 11.4 Å². The highest BCUT2D eigenvalue weighted by Crippen LogP contribution is 2.26. The average Bonchev–Trinajstić information content (AvgIpc) is 2.98. The molecule has 0 saturated heterocycles.